The average molecular weight is 308 g/mol. The second-order valence-electron chi connectivity index (χ2n) is 6.21. The highest BCUT2D eigenvalue weighted by Crippen LogP contribution is 2.26. The fraction of sp³-hybridized carbons (Fsp3) is 0.625. The lowest BCUT2D eigenvalue weighted by Crippen LogP contribution is -2.30. The van der Waals surface area contributed by atoms with Gasteiger partial charge in [-0.3, -0.25) is 0 Å². The standard InChI is InChI=1S/C16H24N2O2S/c19-21(20,18-12-13-5-2-1-3-6-13)15-8-9-16-14(11-15)7-4-10-17-16/h8-9,11,13,17-18H,1-7,10,12H2. The summed E-state index contributed by atoms with van der Waals surface area (Å²) in [6, 6.07) is 5.43. The molecule has 1 aromatic carbocycles. The van der Waals surface area contributed by atoms with E-state index in [2.05, 4.69) is 10.0 Å². The van der Waals surface area contributed by atoms with Crippen molar-refractivity contribution < 1.29 is 8.42 Å². The van der Waals surface area contributed by atoms with Gasteiger partial charge < -0.3 is 5.32 Å². The van der Waals surface area contributed by atoms with Crippen molar-refractivity contribution in [2.24, 2.45) is 5.92 Å². The SMILES string of the molecule is O=S(=O)(NCC1CCCCC1)c1ccc2c(c1)CCCN2. The summed E-state index contributed by atoms with van der Waals surface area (Å²) in [5.41, 5.74) is 2.19. The van der Waals surface area contributed by atoms with Crippen molar-refractivity contribution >= 4 is 15.7 Å². The summed E-state index contributed by atoms with van der Waals surface area (Å²) in [7, 11) is -3.37. The Hall–Kier alpha value is -1.07. The topological polar surface area (TPSA) is 58.2 Å². The predicted molar refractivity (Wildman–Crippen MR) is 85.0 cm³/mol. The second-order valence-corrected chi connectivity index (χ2v) is 7.97. The van der Waals surface area contributed by atoms with Crippen LogP contribution in [-0.2, 0) is 16.4 Å². The maximum Gasteiger partial charge on any atom is 0.240 e. The first-order chi connectivity index (χ1) is 10.1. The smallest absolute Gasteiger partial charge is 0.240 e. The third kappa shape index (κ3) is 3.58. The van der Waals surface area contributed by atoms with Crippen LogP contribution in [0.5, 0.6) is 0 Å². The molecule has 5 heteroatoms. The van der Waals surface area contributed by atoms with Gasteiger partial charge in [-0.05, 0) is 55.4 Å². The molecule has 4 nitrogen and oxygen atoms in total. The summed E-state index contributed by atoms with van der Waals surface area (Å²) < 4.78 is 27.7. The molecule has 116 valence electrons. The summed E-state index contributed by atoms with van der Waals surface area (Å²) in [6.45, 7) is 1.55. The van der Waals surface area contributed by atoms with E-state index in [0.717, 1.165) is 43.5 Å². The summed E-state index contributed by atoms with van der Waals surface area (Å²) in [6.07, 6.45) is 8.07. The summed E-state index contributed by atoms with van der Waals surface area (Å²) in [5, 5.41) is 3.31. The van der Waals surface area contributed by atoms with E-state index in [4.69, 9.17) is 0 Å². The molecule has 0 aromatic heterocycles. The Morgan fingerprint density at radius 1 is 1.14 bits per heavy atom. The molecule has 1 aliphatic heterocycles. The normalized spacial score (nSPS) is 19.8. The Morgan fingerprint density at radius 2 is 1.95 bits per heavy atom. The van der Waals surface area contributed by atoms with Gasteiger partial charge >= 0.3 is 0 Å². The molecule has 21 heavy (non-hydrogen) atoms. The fourth-order valence-electron chi connectivity index (χ4n) is 3.32. The van der Waals surface area contributed by atoms with Crippen LogP contribution in [0.15, 0.2) is 23.1 Å². The van der Waals surface area contributed by atoms with Gasteiger partial charge in [-0.2, -0.15) is 0 Å². The van der Waals surface area contributed by atoms with Crippen molar-refractivity contribution in [3.63, 3.8) is 0 Å². The minimum atomic E-state index is -3.37. The van der Waals surface area contributed by atoms with E-state index in [1.54, 1.807) is 6.07 Å². The first kappa shape index (κ1) is 14.9. The lowest BCUT2D eigenvalue weighted by molar-refractivity contribution is 0.357. The first-order valence-corrected chi connectivity index (χ1v) is 9.50. The van der Waals surface area contributed by atoms with Crippen molar-refractivity contribution in [3.05, 3.63) is 23.8 Å². The third-order valence-corrected chi connectivity index (χ3v) is 6.03. The number of aryl methyl sites for hydroxylation is 1. The van der Waals surface area contributed by atoms with Gasteiger partial charge in [-0.25, -0.2) is 13.1 Å². The fourth-order valence-corrected chi connectivity index (χ4v) is 4.49. The molecule has 1 aromatic rings. The highest BCUT2D eigenvalue weighted by molar-refractivity contribution is 7.89. The van der Waals surface area contributed by atoms with Crippen molar-refractivity contribution in [1.29, 1.82) is 0 Å². The molecule has 0 unspecified atom stereocenters. The summed E-state index contributed by atoms with van der Waals surface area (Å²) >= 11 is 0. The van der Waals surface area contributed by atoms with E-state index in [1.807, 2.05) is 12.1 Å². The van der Waals surface area contributed by atoms with E-state index in [1.165, 1.54) is 19.3 Å². The lowest BCUT2D eigenvalue weighted by Gasteiger charge is -2.22. The largest absolute Gasteiger partial charge is 0.385 e. The van der Waals surface area contributed by atoms with Crippen LogP contribution in [0.1, 0.15) is 44.1 Å². The molecule has 0 atom stereocenters. The molecule has 1 saturated carbocycles. The first-order valence-electron chi connectivity index (χ1n) is 8.02. The monoisotopic (exact) mass is 308 g/mol. The number of fused-ring (bicyclic) bond motifs is 1. The Bertz CT molecular complexity index is 592. The number of hydrogen-bond donors (Lipinski definition) is 2. The maximum atomic E-state index is 12.4. The summed E-state index contributed by atoms with van der Waals surface area (Å²) in [4.78, 5) is 0.403. The van der Waals surface area contributed by atoms with E-state index < -0.39 is 10.0 Å². The quantitative estimate of drug-likeness (QED) is 0.899. The third-order valence-electron chi connectivity index (χ3n) is 4.61. The zero-order chi connectivity index (χ0) is 14.7. The number of benzene rings is 1. The van der Waals surface area contributed by atoms with Crippen molar-refractivity contribution in [3.8, 4) is 0 Å². The van der Waals surface area contributed by atoms with Crippen LogP contribution in [0.4, 0.5) is 5.69 Å². The maximum absolute atomic E-state index is 12.4. The van der Waals surface area contributed by atoms with Gasteiger partial charge in [0.2, 0.25) is 10.0 Å². The van der Waals surface area contributed by atoms with E-state index >= 15 is 0 Å². The molecule has 2 aliphatic rings. The molecule has 0 bridgehead atoms. The van der Waals surface area contributed by atoms with Crippen LogP contribution >= 0.6 is 0 Å². The van der Waals surface area contributed by atoms with Gasteiger partial charge in [0.25, 0.3) is 0 Å². The second kappa shape index (κ2) is 6.36. The van der Waals surface area contributed by atoms with Crippen LogP contribution in [0.2, 0.25) is 0 Å². The summed E-state index contributed by atoms with van der Waals surface area (Å²) in [5.74, 6) is 0.507. The van der Waals surface area contributed by atoms with Crippen LogP contribution < -0.4 is 10.0 Å². The highest BCUT2D eigenvalue weighted by atomic mass is 32.2. The molecule has 0 spiro atoms. The molecular formula is C16H24N2O2S. The van der Waals surface area contributed by atoms with E-state index in [0.29, 0.717) is 17.4 Å². The van der Waals surface area contributed by atoms with E-state index in [-0.39, 0.29) is 0 Å². The number of rotatable bonds is 4. The minimum Gasteiger partial charge on any atom is -0.385 e. The van der Waals surface area contributed by atoms with Gasteiger partial charge in [0.1, 0.15) is 0 Å². The van der Waals surface area contributed by atoms with Gasteiger partial charge in [-0.15, -0.1) is 0 Å². The van der Waals surface area contributed by atoms with E-state index in [9.17, 15) is 8.42 Å². The predicted octanol–water partition coefficient (Wildman–Crippen LogP) is 2.90. The molecule has 1 fully saturated rings. The number of nitrogens with one attached hydrogen (secondary N) is 2. The molecule has 0 radical (unpaired) electrons. The van der Waals surface area contributed by atoms with Crippen LogP contribution in [0.3, 0.4) is 0 Å². The van der Waals surface area contributed by atoms with Crippen molar-refractivity contribution in [2.75, 3.05) is 18.4 Å². The van der Waals surface area contributed by atoms with Crippen LogP contribution in [-0.4, -0.2) is 21.5 Å². The van der Waals surface area contributed by atoms with Gasteiger partial charge in [-0.1, -0.05) is 19.3 Å². The lowest BCUT2D eigenvalue weighted by atomic mass is 9.90. The molecule has 1 aliphatic carbocycles. The number of hydrogen-bond acceptors (Lipinski definition) is 3. The van der Waals surface area contributed by atoms with Gasteiger partial charge in [0, 0.05) is 18.8 Å². The van der Waals surface area contributed by atoms with Gasteiger partial charge in [0.15, 0.2) is 0 Å². The van der Waals surface area contributed by atoms with Crippen molar-refractivity contribution in [1.82, 2.24) is 4.72 Å². The number of anilines is 1. The zero-order valence-electron chi connectivity index (χ0n) is 12.4. The minimum absolute atomic E-state index is 0.403. The molecule has 1 heterocycles. The van der Waals surface area contributed by atoms with Crippen LogP contribution in [0.25, 0.3) is 0 Å². The Kier molecular flexibility index (Phi) is 4.50. The Morgan fingerprint density at radius 3 is 2.76 bits per heavy atom. The van der Waals surface area contributed by atoms with Crippen LogP contribution in [0, 0.1) is 5.92 Å². The molecule has 0 amide bonds. The number of sulfonamides is 1. The van der Waals surface area contributed by atoms with Gasteiger partial charge in [0.05, 0.1) is 4.90 Å². The molecule has 0 saturated heterocycles. The molecular weight excluding hydrogens is 284 g/mol. The zero-order valence-corrected chi connectivity index (χ0v) is 13.2. The van der Waals surface area contributed by atoms with Crippen molar-refractivity contribution in [2.45, 2.75) is 49.8 Å². The molecule has 2 N–H and O–H groups in total. The molecule has 3 rings (SSSR count). The Balaban J connectivity index is 1.69. The average Bonchev–Trinajstić information content (AvgIpc) is 2.53. The highest BCUT2D eigenvalue weighted by Gasteiger charge is 2.20. The Labute approximate surface area is 127 Å².